The van der Waals surface area contributed by atoms with E-state index in [2.05, 4.69) is 40.1 Å². The molecule has 0 aromatic rings. The number of hydrazine groups is 1. The highest BCUT2D eigenvalue weighted by atomic mass is 16.5. The summed E-state index contributed by atoms with van der Waals surface area (Å²) in [5.74, 6) is 3.99. The number of hydrogen-bond donors (Lipinski definition) is 5. The first-order valence-corrected chi connectivity index (χ1v) is 9.80. The van der Waals surface area contributed by atoms with Crippen LogP contribution in [0.25, 0.3) is 0 Å². The molecule has 3 rings (SSSR count). The molecule has 152 valence electrons. The Labute approximate surface area is 166 Å². The average molecular weight is 387 g/mol. The molecule has 1 saturated carbocycles. The van der Waals surface area contributed by atoms with Gasteiger partial charge < -0.3 is 15.8 Å². The van der Waals surface area contributed by atoms with Crippen LogP contribution in [-0.4, -0.2) is 36.2 Å². The van der Waals surface area contributed by atoms with Gasteiger partial charge in [0, 0.05) is 24.6 Å². The summed E-state index contributed by atoms with van der Waals surface area (Å²) < 4.78 is 4.80. The topological polar surface area (TPSA) is 123 Å². The third kappa shape index (κ3) is 4.65. The first-order valence-electron chi connectivity index (χ1n) is 9.80. The normalized spacial score (nSPS) is 19.3. The van der Waals surface area contributed by atoms with E-state index in [1.54, 1.807) is 6.08 Å². The van der Waals surface area contributed by atoms with Crippen molar-refractivity contribution in [2.45, 2.75) is 39.5 Å². The molecule has 0 aromatic heterocycles. The van der Waals surface area contributed by atoms with Gasteiger partial charge in [0.05, 0.1) is 7.11 Å². The maximum Gasteiger partial charge on any atom is 0.205 e. The fraction of sp³-hybridized carbons (Fsp3) is 0.526. The van der Waals surface area contributed by atoms with Gasteiger partial charge in [-0.2, -0.15) is 5.10 Å². The second kappa shape index (κ2) is 8.81. The zero-order chi connectivity index (χ0) is 20.1. The molecule has 0 bridgehead atoms. The Morgan fingerprint density at radius 1 is 1.46 bits per heavy atom. The van der Waals surface area contributed by atoms with Gasteiger partial charge in [-0.25, -0.2) is 10.0 Å². The van der Waals surface area contributed by atoms with Crippen molar-refractivity contribution in [2.75, 3.05) is 13.7 Å². The molecule has 0 atom stereocenters. The molecule has 0 aromatic carbocycles. The van der Waals surface area contributed by atoms with Crippen LogP contribution < -0.4 is 21.9 Å². The Morgan fingerprint density at radius 2 is 2.21 bits per heavy atom. The summed E-state index contributed by atoms with van der Waals surface area (Å²) in [5, 5.41) is 17.4. The predicted molar refractivity (Wildman–Crippen MR) is 111 cm³/mol. The molecular formula is C19H30N8O. The van der Waals surface area contributed by atoms with Crippen molar-refractivity contribution in [3.05, 3.63) is 35.6 Å². The van der Waals surface area contributed by atoms with Crippen LogP contribution >= 0.6 is 0 Å². The van der Waals surface area contributed by atoms with E-state index in [1.807, 2.05) is 11.1 Å². The lowest BCUT2D eigenvalue weighted by Gasteiger charge is -2.30. The number of hydrogen-bond acceptors (Lipinski definition) is 8. The Hall–Kier alpha value is -2.97. The molecule has 6 N–H and O–H groups in total. The summed E-state index contributed by atoms with van der Waals surface area (Å²) in [6, 6.07) is 0. The molecule has 28 heavy (non-hydrogen) atoms. The maximum absolute atomic E-state index is 7.51. The SMILES string of the molecule is CCC(CC)CNC1=CC(N=C(N)/C=C\C(=N)OC)=C2NN=C(C3CC3)N2N1. The summed E-state index contributed by atoms with van der Waals surface area (Å²) in [5.41, 5.74) is 13.2. The van der Waals surface area contributed by atoms with Crippen molar-refractivity contribution in [3.8, 4) is 0 Å². The van der Waals surface area contributed by atoms with Gasteiger partial charge in [-0.05, 0) is 24.8 Å². The Kier molecular flexibility index (Phi) is 6.23. The molecule has 0 saturated heterocycles. The highest BCUT2D eigenvalue weighted by Crippen LogP contribution is 2.35. The van der Waals surface area contributed by atoms with Crippen LogP contribution in [0, 0.1) is 17.2 Å². The number of nitrogens with zero attached hydrogens (tertiary/aromatic N) is 3. The van der Waals surface area contributed by atoms with Crippen LogP contribution in [0.1, 0.15) is 39.5 Å². The zero-order valence-electron chi connectivity index (χ0n) is 16.7. The molecule has 0 spiro atoms. The summed E-state index contributed by atoms with van der Waals surface area (Å²) in [7, 11) is 1.44. The lowest BCUT2D eigenvalue weighted by atomic mass is 10.0. The largest absolute Gasteiger partial charge is 0.481 e. The van der Waals surface area contributed by atoms with E-state index in [9.17, 15) is 0 Å². The molecule has 9 nitrogen and oxygen atoms in total. The monoisotopic (exact) mass is 386 g/mol. The van der Waals surface area contributed by atoms with Gasteiger partial charge in [0.25, 0.3) is 0 Å². The van der Waals surface area contributed by atoms with Crippen LogP contribution in [0.3, 0.4) is 0 Å². The van der Waals surface area contributed by atoms with Gasteiger partial charge in [0.1, 0.15) is 17.4 Å². The van der Waals surface area contributed by atoms with Crippen molar-refractivity contribution >= 4 is 17.6 Å². The fourth-order valence-corrected chi connectivity index (χ4v) is 3.00. The highest BCUT2D eigenvalue weighted by Gasteiger charge is 2.39. The number of allylic oxidation sites excluding steroid dienone is 1. The number of fused-ring (bicyclic) bond motifs is 1. The van der Waals surface area contributed by atoms with Crippen molar-refractivity contribution in [1.29, 1.82) is 5.41 Å². The number of ether oxygens (including phenoxy) is 1. The number of nitrogens with one attached hydrogen (secondary N) is 4. The number of rotatable bonds is 9. The second-order valence-corrected chi connectivity index (χ2v) is 7.10. The number of nitrogens with two attached hydrogens (primary N) is 1. The van der Waals surface area contributed by atoms with Gasteiger partial charge in [-0.1, -0.05) is 26.7 Å². The van der Waals surface area contributed by atoms with E-state index >= 15 is 0 Å². The smallest absolute Gasteiger partial charge is 0.205 e. The van der Waals surface area contributed by atoms with Crippen LogP contribution in [0.15, 0.2) is 45.7 Å². The molecule has 3 aliphatic rings. The van der Waals surface area contributed by atoms with E-state index in [4.69, 9.17) is 15.9 Å². The summed E-state index contributed by atoms with van der Waals surface area (Å²) in [6.07, 6.45) is 9.50. The minimum absolute atomic E-state index is 0.0177. The number of hydrazone groups is 1. The minimum Gasteiger partial charge on any atom is -0.481 e. The molecular weight excluding hydrogens is 356 g/mol. The van der Waals surface area contributed by atoms with E-state index in [1.165, 1.54) is 13.2 Å². The molecule has 0 radical (unpaired) electrons. The van der Waals surface area contributed by atoms with Gasteiger partial charge >= 0.3 is 0 Å². The van der Waals surface area contributed by atoms with Crippen LogP contribution in [-0.2, 0) is 4.74 Å². The predicted octanol–water partition coefficient (Wildman–Crippen LogP) is 1.71. The van der Waals surface area contributed by atoms with Crippen LogP contribution in [0.4, 0.5) is 0 Å². The molecule has 9 heteroatoms. The number of amidine groups is 2. The molecule has 0 amide bonds. The third-order valence-electron chi connectivity index (χ3n) is 5.04. The van der Waals surface area contributed by atoms with E-state index in [0.29, 0.717) is 17.5 Å². The van der Waals surface area contributed by atoms with Crippen molar-refractivity contribution < 1.29 is 4.74 Å². The van der Waals surface area contributed by atoms with Crippen LogP contribution in [0.5, 0.6) is 0 Å². The maximum atomic E-state index is 7.51. The van der Waals surface area contributed by atoms with Crippen molar-refractivity contribution in [1.82, 2.24) is 21.2 Å². The fourth-order valence-electron chi connectivity index (χ4n) is 3.00. The van der Waals surface area contributed by atoms with Gasteiger partial charge in [0.15, 0.2) is 11.7 Å². The Morgan fingerprint density at radius 3 is 2.86 bits per heavy atom. The standard InChI is InChI=1S/C19H30N8O/c1-4-12(5-2)11-22-17-10-14(23-15(20)8-9-16(21)28-3)19-25-24-18(13-6-7-13)27(19)26-17/h8-10,12-13,21-22,25-26H,4-7,11H2,1-3H3,(H2,20,23)/b9-8-,21-16?. The van der Waals surface area contributed by atoms with Crippen molar-refractivity contribution in [2.24, 2.45) is 27.7 Å². The first-order chi connectivity index (χ1) is 13.5. The average Bonchev–Trinajstić information content (AvgIpc) is 3.46. The van der Waals surface area contributed by atoms with E-state index < -0.39 is 0 Å². The molecule has 2 heterocycles. The van der Waals surface area contributed by atoms with Crippen LogP contribution in [0.2, 0.25) is 0 Å². The van der Waals surface area contributed by atoms with E-state index in [-0.39, 0.29) is 11.7 Å². The second-order valence-electron chi connectivity index (χ2n) is 7.10. The lowest BCUT2D eigenvalue weighted by Crippen LogP contribution is -2.47. The van der Waals surface area contributed by atoms with Gasteiger partial charge in [-0.3, -0.25) is 16.3 Å². The molecule has 1 fully saturated rings. The molecule has 1 aliphatic carbocycles. The minimum atomic E-state index is 0.0177. The Bertz CT molecular complexity index is 756. The van der Waals surface area contributed by atoms with Gasteiger partial charge in [0.2, 0.25) is 5.90 Å². The lowest BCUT2D eigenvalue weighted by molar-refractivity contribution is 0.368. The quantitative estimate of drug-likeness (QED) is 0.304. The van der Waals surface area contributed by atoms with E-state index in [0.717, 1.165) is 49.7 Å². The zero-order valence-corrected chi connectivity index (χ0v) is 16.7. The highest BCUT2D eigenvalue weighted by molar-refractivity contribution is 5.98. The summed E-state index contributed by atoms with van der Waals surface area (Å²) in [6.45, 7) is 5.30. The van der Waals surface area contributed by atoms with Gasteiger partial charge in [-0.15, -0.1) is 0 Å². The first kappa shape index (κ1) is 19.8. The third-order valence-corrected chi connectivity index (χ3v) is 5.04. The molecule has 2 aliphatic heterocycles. The number of aliphatic imine (C=N–C) groups is 1. The molecule has 0 unspecified atom stereocenters. The number of methoxy groups -OCH3 is 1. The Balaban J connectivity index is 1.81. The summed E-state index contributed by atoms with van der Waals surface area (Å²) >= 11 is 0. The van der Waals surface area contributed by atoms with Crippen molar-refractivity contribution in [3.63, 3.8) is 0 Å². The summed E-state index contributed by atoms with van der Waals surface area (Å²) in [4.78, 5) is 4.52.